The van der Waals surface area contributed by atoms with Crippen molar-refractivity contribution in [3.05, 3.63) is 16.6 Å². The van der Waals surface area contributed by atoms with Crippen molar-refractivity contribution in [1.82, 2.24) is 15.2 Å². The Kier molecular flexibility index (Phi) is 2.96. The van der Waals surface area contributed by atoms with Crippen LogP contribution in [0.15, 0.2) is 11.6 Å². The SMILES string of the molecule is CC(c1nccs1)N1CC2CCCNC2C1. The number of nitrogens with one attached hydrogen (secondary N) is 1. The fraction of sp³-hybridized carbons (Fsp3) is 0.750. The van der Waals surface area contributed by atoms with E-state index in [4.69, 9.17) is 0 Å². The third-order valence-corrected chi connectivity index (χ3v) is 4.93. The minimum atomic E-state index is 0.493. The van der Waals surface area contributed by atoms with Crippen LogP contribution in [0.4, 0.5) is 0 Å². The minimum Gasteiger partial charge on any atom is -0.312 e. The topological polar surface area (TPSA) is 28.2 Å². The summed E-state index contributed by atoms with van der Waals surface area (Å²) in [4.78, 5) is 7.02. The maximum absolute atomic E-state index is 4.43. The molecule has 16 heavy (non-hydrogen) atoms. The van der Waals surface area contributed by atoms with E-state index >= 15 is 0 Å². The lowest BCUT2D eigenvalue weighted by atomic mass is 9.94. The zero-order valence-corrected chi connectivity index (χ0v) is 10.5. The van der Waals surface area contributed by atoms with Gasteiger partial charge in [-0.25, -0.2) is 4.98 Å². The standard InChI is InChI=1S/C12H19N3S/c1-9(12-14-5-6-16-12)15-7-10-3-2-4-13-11(10)8-15/h5-6,9-11,13H,2-4,7-8H2,1H3. The summed E-state index contributed by atoms with van der Waals surface area (Å²) >= 11 is 1.78. The zero-order chi connectivity index (χ0) is 11.0. The lowest BCUT2D eigenvalue weighted by Crippen LogP contribution is -2.40. The molecule has 3 atom stereocenters. The predicted molar refractivity (Wildman–Crippen MR) is 66.6 cm³/mol. The van der Waals surface area contributed by atoms with Crippen LogP contribution in [0, 0.1) is 5.92 Å². The highest BCUT2D eigenvalue weighted by Crippen LogP contribution is 2.31. The summed E-state index contributed by atoms with van der Waals surface area (Å²) in [6, 6.07) is 1.23. The van der Waals surface area contributed by atoms with Crippen molar-refractivity contribution in [3.8, 4) is 0 Å². The van der Waals surface area contributed by atoms with E-state index in [1.165, 1.54) is 37.5 Å². The number of hydrogen-bond acceptors (Lipinski definition) is 4. The maximum Gasteiger partial charge on any atom is 0.109 e. The molecule has 1 N–H and O–H groups in total. The van der Waals surface area contributed by atoms with Crippen molar-refractivity contribution in [2.75, 3.05) is 19.6 Å². The number of fused-ring (bicyclic) bond motifs is 1. The van der Waals surface area contributed by atoms with Crippen molar-refractivity contribution in [1.29, 1.82) is 0 Å². The fourth-order valence-electron chi connectivity index (χ4n) is 2.99. The van der Waals surface area contributed by atoms with Gasteiger partial charge in [0.1, 0.15) is 5.01 Å². The van der Waals surface area contributed by atoms with E-state index in [-0.39, 0.29) is 0 Å². The molecular formula is C12H19N3S. The van der Waals surface area contributed by atoms with Crippen LogP contribution >= 0.6 is 11.3 Å². The van der Waals surface area contributed by atoms with E-state index in [2.05, 4.69) is 27.5 Å². The Bertz CT molecular complexity index is 324. The molecule has 0 bridgehead atoms. The van der Waals surface area contributed by atoms with Crippen LogP contribution in [-0.2, 0) is 0 Å². The van der Waals surface area contributed by atoms with Gasteiger partial charge in [0.15, 0.2) is 0 Å². The Morgan fingerprint density at radius 2 is 2.50 bits per heavy atom. The van der Waals surface area contributed by atoms with Crippen molar-refractivity contribution >= 4 is 11.3 Å². The van der Waals surface area contributed by atoms with Crippen molar-refractivity contribution in [2.45, 2.75) is 31.8 Å². The number of likely N-dealkylation sites (tertiary alicyclic amines) is 1. The molecule has 0 aromatic carbocycles. The van der Waals surface area contributed by atoms with Gasteiger partial charge in [-0.1, -0.05) is 0 Å². The number of thiazole rings is 1. The highest BCUT2D eigenvalue weighted by Gasteiger charge is 2.36. The summed E-state index contributed by atoms with van der Waals surface area (Å²) in [5.41, 5.74) is 0. The van der Waals surface area contributed by atoms with Gasteiger partial charge in [-0.15, -0.1) is 11.3 Å². The van der Waals surface area contributed by atoms with Gasteiger partial charge in [-0.3, -0.25) is 4.90 Å². The van der Waals surface area contributed by atoms with Gasteiger partial charge in [0.05, 0.1) is 6.04 Å². The third-order valence-electron chi connectivity index (χ3n) is 3.98. The largest absolute Gasteiger partial charge is 0.312 e. The first kappa shape index (κ1) is 10.7. The predicted octanol–water partition coefficient (Wildman–Crippen LogP) is 1.89. The maximum atomic E-state index is 4.43. The Balaban J connectivity index is 1.68. The van der Waals surface area contributed by atoms with E-state index < -0.39 is 0 Å². The van der Waals surface area contributed by atoms with Crippen molar-refractivity contribution in [3.63, 3.8) is 0 Å². The van der Waals surface area contributed by atoms with Gasteiger partial charge in [-0.05, 0) is 32.2 Å². The smallest absolute Gasteiger partial charge is 0.109 e. The number of rotatable bonds is 2. The lowest BCUT2D eigenvalue weighted by molar-refractivity contribution is 0.250. The molecular weight excluding hydrogens is 218 g/mol. The first-order valence-electron chi connectivity index (χ1n) is 6.21. The molecule has 0 aliphatic carbocycles. The van der Waals surface area contributed by atoms with Crippen LogP contribution in [-0.4, -0.2) is 35.6 Å². The molecule has 2 aliphatic heterocycles. The highest BCUT2D eigenvalue weighted by atomic mass is 32.1. The van der Waals surface area contributed by atoms with E-state index in [1.54, 1.807) is 11.3 Å². The summed E-state index contributed by atoms with van der Waals surface area (Å²) in [7, 11) is 0. The average molecular weight is 237 g/mol. The summed E-state index contributed by atoms with van der Waals surface area (Å²) in [6.07, 6.45) is 4.66. The fourth-order valence-corrected chi connectivity index (χ4v) is 3.72. The molecule has 3 nitrogen and oxygen atoms in total. The van der Waals surface area contributed by atoms with E-state index in [1.807, 2.05) is 6.20 Å². The molecule has 3 unspecified atom stereocenters. The molecule has 0 saturated carbocycles. The second kappa shape index (κ2) is 4.43. The molecule has 1 aromatic rings. The normalized spacial score (nSPS) is 32.6. The van der Waals surface area contributed by atoms with Crippen LogP contribution in [0.25, 0.3) is 0 Å². The van der Waals surface area contributed by atoms with Crippen LogP contribution in [0.5, 0.6) is 0 Å². The quantitative estimate of drug-likeness (QED) is 0.851. The van der Waals surface area contributed by atoms with E-state index in [0.29, 0.717) is 6.04 Å². The van der Waals surface area contributed by atoms with Crippen molar-refractivity contribution in [2.24, 2.45) is 5.92 Å². The molecule has 2 fully saturated rings. The second-order valence-electron chi connectivity index (χ2n) is 4.96. The molecule has 2 aliphatic rings. The van der Waals surface area contributed by atoms with Crippen LogP contribution in [0.2, 0.25) is 0 Å². The minimum absolute atomic E-state index is 0.493. The van der Waals surface area contributed by atoms with Gasteiger partial charge in [0.2, 0.25) is 0 Å². The number of aromatic nitrogens is 1. The number of hydrogen-bond donors (Lipinski definition) is 1. The highest BCUT2D eigenvalue weighted by molar-refractivity contribution is 7.09. The molecule has 4 heteroatoms. The molecule has 1 aromatic heterocycles. The van der Waals surface area contributed by atoms with E-state index in [9.17, 15) is 0 Å². The first-order valence-corrected chi connectivity index (χ1v) is 7.09. The van der Waals surface area contributed by atoms with Crippen LogP contribution < -0.4 is 5.32 Å². The molecule has 88 valence electrons. The zero-order valence-electron chi connectivity index (χ0n) is 9.72. The third kappa shape index (κ3) is 1.90. The first-order chi connectivity index (χ1) is 7.84. The second-order valence-corrected chi connectivity index (χ2v) is 5.89. The Hall–Kier alpha value is -0.450. The average Bonchev–Trinajstić information content (AvgIpc) is 2.97. The Labute approximate surface area is 101 Å². The molecule has 0 spiro atoms. The van der Waals surface area contributed by atoms with E-state index in [0.717, 1.165) is 12.0 Å². The van der Waals surface area contributed by atoms with Gasteiger partial charge in [0, 0.05) is 30.7 Å². The molecule has 2 saturated heterocycles. The Morgan fingerprint density at radius 1 is 1.56 bits per heavy atom. The molecule has 0 radical (unpaired) electrons. The monoisotopic (exact) mass is 237 g/mol. The molecule has 3 heterocycles. The number of nitrogens with zero attached hydrogens (tertiary/aromatic N) is 2. The van der Waals surface area contributed by atoms with Gasteiger partial charge >= 0.3 is 0 Å². The summed E-state index contributed by atoms with van der Waals surface area (Å²) in [5, 5.41) is 6.99. The molecule has 0 amide bonds. The number of piperidine rings is 1. The molecule has 3 rings (SSSR count). The van der Waals surface area contributed by atoms with Gasteiger partial charge < -0.3 is 5.32 Å². The van der Waals surface area contributed by atoms with Crippen LogP contribution in [0.3, 0.4) is 0 Å². The summed E-state index contributed by atoms with van der Waals surface area (Å²) < 4.78 is 0. The summed E-state index contributed by atoms with van der Waals surface area (Å²) in [6.45, 7) is 5.95. The van der Waals surface area contributed by atoms with Gasteiger partial charge in [0.25, 0.3) is 0 Å². The summed E-state index contributed by atoms with van der Waals surface area (Å²) in [5.74, 6) is 0.871. The van der Waals surface area contributed by atoms with Crippen LogP contribution in [0.1, 0.15) is 30.8 Å². The van der Waals surface area contributed by atoms with Crippen molar-refractivity contribution < 1.29 is 0 Å². The lowest BCUT2D eigenvalue weighted by Gasteiger charge is -2.24. The Morgan fingerprint density at radius 3 is 3.25 bits per heavy atom. The van der Waals surface area contributed by atoms with Gasteiger partial charge in [-0.2, -0.15) is 0 Å².